The molecule has 7 nitrogen and oxygen atoms in total. The van der Waals surface area contributed by atoms with Gasteiger partial charge in [-0.3, -0.25) is 9.59 Å². The lowest BCUT2D eigenvalue weighted by atomic mass is 10.1. The van der Waals surface area contributed by atoms with Gasteiger partial charge >= 0.3 is 0 Å². The minimum atomic E-state index is -0.218. The normalized spacial score (nSPS) is 10.5. The first-order chi connectivity index (χ1) is 14.3. The van der Waals surface area contributed by atoms with Gasteiger partial charge in [0.25, 0.3) is 5.91 Å². The molecule has 30 heavy (non-hydrogen) atoms. The predicted molar refractivity (Wildman–Crippen MR) is 113 cm³/mol. The second kappa shape index (κ2) is 9.26. The van der Waals surface area contributed by atoms with E-state index in [4.69, 9.17) is 9.26 Å². The molecule has 0 aliphatic rings. The monoisotopic (exact) mass is 407 g/mol. The molecule has 2 amide bonds. The van der Waals surface area contributed by atoms with Crippen molar-refractivity contribution in [3.05, 3.63) is 76.7 Å². The molecular formula is C23H25N3O4. The van der Waals surface area contributed by atoms with E-state index in [0.717, 1.165) is 22.6 Å². The molecule has 0 aliphatic carbocycles. The lowest BCUT2D eigenvalue weighted by Gasteiger charge is -2.15. The highest BCUT2D eigenvalue weighted by Crippen LogP contribution is 2.19. The van der Waals surface area contributed by atoms with Gasteiger partial charge in [0.1, 0.15) is 18.1 Å². The maximum absolute atomic E-state index is 12.6. The summed E-state index contributed by atoms with van der Waals surface area (Å²) in [5.74, 6) is 1.16. The Kier molecular flexibility index (Phi) is 6.51. The predicted octanol–water partition coefficient (Wildman–Crippen LogP) is 4.10. The van der Waals surface area contributed by atoms with Crippen LogP contribution in [0.4, 0.5) is 5.69 Å². The average molecular weight is 407 g/mol. The molecule has 2 aromatic carbocycles. The Balaban J connectivity index is 1.60. The van der Waals surface area contributed by atoms with Gasteiger partial charge in [0.05, 0.1) is 11.3 Å². The van der Waals surface area contributed by atoms with Crippen molar-refractivity contribution in [2.24, 2.45) is 0 Å². The topological polar surface area (TPSA) is 84.7 Å². The van der Waals surface area contributed by atoms with Crippen LogP contribution in [-0.2, 0) is 17.9 Å². The first kappa shape index (κ1) is 21.1. The third-order valence-electron chi connectivity index (χ3n) is 4.82. The lowest BCUT2D eigenvalue weighted by Crippen LogP contribution is -2.23. The fourth-order valence-electron chi connectivity index (χ4n) is 2.90. The van der Waals surface area contributed by atoms with Crippen molar-refractivity contribution in [2.45, 2.75) is 33.9 Å². The van der Waals surface area contributed by atoms with Crippen molar-refractivity contribution in [3.8, 4) is 5.75 Å². The SMILES string of the molecule is CC(=O)N(C)Cc1cccc(NC(=O)c2ccc(OCc3c(C)noc3C)cc2)c1. The molecule has 0 fully saturated rings. The first-order valence-electron chi connectivity index (χ1n) is 9.60. The van der Waals surface area contributed by atoms with Gasteiger partial charge in [-0.05, 0) is 55.8 Å². The fraction of sp³-hybridized carbons (Fsp3) is 0.261. The molecule has 0 atom stereocenters. The highest BCUT2D eigenvalue weighted by Gasteiger charge is 2.11. The molecule has 0 unspecified atom stereocenters. The smallest absolute Gasteiger partial charge is 0.255 e. The number of benzene rings is 2. The molecule has 0 bridgehead atoms. The Labute approximate surface area is 175 Å². The summed E-state index contributed by atoms with van der Waals surface area (Å²) in [6, 6.07) is 14.4. The average Bonchev–Trinajstić information content (AvgIpc) is 3.04. The van der Waals surface area contributed by atoms with Crippen LogP contribution in [0.1, 0.15) is 39.9 Å². The van der Waals surface area contributed by atoms with Gasteiger partial charge in [-0.15, -0.1) is 0 Å². The lowest BCUT2D eigenvalue weighted by molar-refractivity contribution is -0.128. The maximum atomic E-state index is 12.6. The maximum Gasteiger partial charge on any atom is 0.255 e. The summed E-state index contributed by atoms with van der Waals surface area (Å²) in [6.45, 7) is 6.08. The van der Waals surface area contributed by atoms with Gasteiger partial charge in [0.2, 0.25) is 5.91 Å². The van der Waals surface area contributed by atoms with E-state index >= 15 is 0 Å². The molecule has 3 rings (SSSR count). The Hall–Kier alpha value is -3.61. The number of anilines is 1. The van der Waals surface area contributed by atoms with Gasteiger partial charge in [-0.2, -0.15) is 0 Å². The van der Waals surface area contributed by atoms with Crippen LogP contribution >= 0.6 is 0 Å². The highest BCUT2D eigenvalue weighted by atomic mass is 16.5. The summed E-state index contributed by atoms with van der Waals surface area (Å²) < 4.78 is 10.9. The van der Waals surface area contributed by atoms with Crippen LogP contribution in [0.5, 0.6) is 5.75 Å². The first-order valence-corrected chi connectivity index (χ1v) is 9.60. The Morgan fingerprint density at radius 2 is 1.87 bits per heavy atom. The van der Waals surface area contributed by atoms with Crippen molar-refractivity contribution in [2.75, 3.05) is 12.4 Å². The Bertz CT molecular complexity index is 1020. The second-order valence-corrected chi connectivity index (χ2v) is 7.15. The van der Waals surface area contributed by atoms with E-state index in [1.54, 1.807) is 36.2 Å². The number of amides is 2. The van der Waals surface area contributed by atoms with Crippen LogP contribution in [0.15, 0.2) is 53.1 Å². The number of carbonyl (C=O) groups excluding carboxylic acids is 2. The molecule has 0 radical (unpaired) electrons. The van der Waals surface area contributed by atoms with Crippen LogP contribution in [0.2, 0.25) is 0 Å². The summed E-state index contributed by atoms with van der Waals surface area (Å²) >= 11 is 0. The summed E-state index contributed by atoms with van der Waals surface area (Å²) in [6.07, 6.45) is 0. The van der Waals surface area contributed by atoms with E-state index in [-0.39, 0.29) is 11.8 Å². The zero-order valence-corrected chi connectivity index (χ0v) is 17.6. The van der Waals surface area contributed by atoms with Gasteiger partial charge in [0.15, 0.2) is 0 Å². The highest BCUT2D eigenvalue weighted by molar-refractivity contribution is 6.04. The fourth-order valence-corrected chi connectivity index (χ4v) is 2.90. The van der Waals surface area contributed by atoms with Crippen LogP contribution in [0, 0.1) is 13.8 Å². The summed E-state index contributed by atoms with van der Waals surface area (Å²) in [4.78, 5) is 25.6. The molecule has 3 aromatic rings. The second-order valence-electron chi connectivity index (χ2n) is 7.15. The van der Waals surface area contributed by atoms with E-state index in [9.17, 15) is 9.59 Å². The number of hydrogen-bond donors (Lipinski definition) is 1. The van der Waals surface area contributed by atoms with Crippen molar-refractivity contribution in [1.82, 2.24) is 10.1 Å². The number of aryl methyl sites for hydroxylation is 2. The van der Waals surface area contributed by atoms with Crippen molar-refractivity contribution in [3.63, 3.8) is 0 Å². The molecule has 0 spiro atoms. The van der Waals surface area contributed by atoms with E-state index in [1.807, 2.05) is 38.1 Å². The minimum Gasteiger partial charge on any atom is -0.489 e. The zero-order valence-electron chi connectivity index (χ0n) is 17.6. The third-order valence-corrected chi connectivity index (χ3v) is 4.82. The number of nitrogens with one attached hydrogen (secondary N) is 1. The van der Waals surface area contributed by atoms with Crippen molar-refractivity contribution >= 4 is 17.5 Å². The molecule has 7 heteroatoms. The molecule has 0 aliphatic heterocycles. The quantitative estimate of drug-likeness (QED) is 0.637. The van der Waals surface area contributed by atoms with E-state index in [2.05, 4.69) is 10.5 Å². The number of hydrogen-bond acceptors (Lipinski definition) is 5. The van der Waals surface area contributed by atoms with Crippen molar-refractivity contribution < 1.29 is 18.8 Å². The number of rotatable bonds is 7. The van der Waals surface area contributed by atoms with Crippen LogP contribution in [0.25, 0.3) is 0 Å². The molecular weight excluding hydrogens is 382 g/mol. The number of nitrogens with zero attached hydrogens (tertiary/aromatic N) is 2. The molecule has 1 N–H and O–H groups in total. The largest absolute Gasteiger partial charge is 0.489 e. The molecule has 0 saturated heterocycles. The zero-order chi connectivity index (χ0) is 21.7. The molecule has 0 saturated carbocycles. The Morgan fingerprint density at radius 3 is 2.50 bits per heavy atom. The van der Waals surface area contributed by atoms with Crippen molar-refractivity contribution in [1.29, 1.82) is 0 Å². The van der Waals surface area contributed by atoms with Crippen LogP contribution < -0.4 is 10.1 Å². The summed E-state index contributed by atoms with van der Waals surface area (Å²) in [5.41, 5.74) is 3.86. The van der Waals surface area contributed by atoms with E-state index in [0.29, 0.717) is 30.2 Å². The molecule has 156 valence electrons. The van der Waals surface area contributed by atoms with Gasteiger partial charge in [-0.25, -0.2) is 0 Å². The van der Waals surface area contributed by atoms with Crippen LogP contribution in [0.3, 0.4) is 0 Å². The van der Waals surface area contributed by atoms with Gasteiger partial charge in [-0.1, -0.05) is 17.3 Å². The molecule has 1 heterocycles. The number of ether oxygens (including phenoxy) is 1. The standard InChI is InChI=1S/C23H25N3O4/c1-15-22(16(2)30-25-15)14-29-21-10-8-19(9-11-21)23(28)24-20-7-5-6-18(12-20)13-26(4)17(3)27/h5-12H,13-14H2,1-4H3,(H,24,28). The minimum absolute atomic E-state index is 0.0129. The van der Waals surface area contributed by atoms with E-state index < -0.39 is 0 Å². The number of carbonyl (C=O) groups is 2. The number of aromatic nitrogens is 1. The Morgan fingerprint density at radius 1 is 1.13 bits per heavy atom. The van der Waals surface area contributed by atoms with E-state index in [1.165, 1.54) is 6.92 Å². The van der Waals surface area contributed by atoms with Gasteiger partial charge < -0.3 is 19.5 Å². The summed E-state index contributed by atoms with van der Waals surface area (Å²) in [7, 11) is 1.74. The van der Waals surface area contributed by atoms with Gasteiger partial charge in [0, 0.05) is 31.8 Å². The molecule has 1 aromatic heterocycles. The van der Waals surface area contributed by atoms with Crippen LogP contribution in [-0.4, -0.2) is 28.9 Å². The summed E-state index contributed by atoms with van der Waals surface area (Å²) in [5, 5.41) is 6.79. The third kappa shape index (κ3) is 5.26.